The molecule has 0 radical (unpaired) electrons. The van der Waals surface area contributed by atoms with E-state index < -0.39 is 5.60 Å². The number of rotatable bonds is 6. The third-order valence-electron chi connectivity index (χ3n) is 7.21. The quantitative estimate of drug-likeness (QED) is 0.758. The lowest BCUT2D eigenvalue weighted by molar-refractivity contribution is -0.143. The van der Waals surface area contributed by atoms with Crippen molar-refractivity contribution in [2.24, 2.45) is 17.3 Å². The van der Waals surface area contributed by atoms with Gasteiger partial charge < -0.3 is 9.84 Å². The molecule has 4 rings (SSSR count). The Morgan fingerprint density at radius 2 is 1.66 bits per heavy atom. The molecule has 0 spiro atoms. The molecule has 2 fully saturated rings. The summed E-state index contributed by atoms with van der Waals surface area (Å²) < 4.78 is 5.03. The van der Waals surface area contributed by atoms with Crippen molar-refractivity contribution in [3.8, 4) is 0 Å². The van der Waals surface area contributed by atoms with Crippen LogP contribution in [0.25, 0.3) is 0 Å². The van der Waals surface area contributed by atoms with E-state index in [1.807, 2.05) is 60.7 Å². The molecule has 0 unspecified atom stereocenters. The number of carbonyl (C=O) groups excluding carboxylic acids is 1. The molecule has 3 atom stereocenters. The SMILES string of the molecule is COC(=O)[C@@H]1[C@H](CN2CCC[C@H]2C(O)(c2ccccc2)c2ccccc2)C1(C)C. The van der Waals surface area contributed by atoms with E-state index in [9.17, 15) is 9.90 Å². The fraction of sp³-hybridized carbons (Fsp3) is 0.480. The Balaban J connectivity index is 1.66. The Kier molecular flexibility index (Phi) is 5.26. The molecule has 2 aromatic rings. The summed E-state index contributed by atoms with van der Waals surface area (Å²) in [5.41, 5.74) is 0.696. The van der Waals surface area contributed by atoms with Crippen LogP contribution in [0.4, 0.5) is 0 Å². The van der Waals surface area contributed by atoms with Crippen LogP contribution in [-0.4, -0.2) is 42.2 Å². The van der Waals surface area contributed by atoms with Crippen LogP contribution in [0, 0.1) is 17.3 Å². The van der Waals surface area contributed by atoms with Gasteiger partial charge in [0.1, 0.15) is 5.60 Å². The van der Waals surface area contributed by atoms with E-state index in [1.165, 1.54) is 7.11 Å². The molecule has 0 amide bonds. The second kappa shape index (κ2) is 7.58. The zero-order valence-electron chi connectivity index (χ0n) is 17.5. The Morgan fingerprint density at radius 3 is 2.17 bits per heavy atom. The van der Waals surface area contributed by atoms with Crippen LogP contribution in [-0.2, 0) is 15.1 Å². The highest BCUT2D eigenvalue weighted by Gasteiger charge is 2.63. The zero-order chi connectivity index (χ0) is 20.6. The maximum atomic E-state index is 12.2. The predicted molar refractivity (Wildman–Crippen MR) is 113 cm³/mol. The van der Waals surface area contributed by atoms with Crippen LogP contribution < -0.4 is 0 Å². The lowest BCUT2D eigenvalue weighted by atomic mass is 9.79. The van der Waals surface area contributed by atoms with Crippen LogP contribution >= 0.6 is 0 Å². The fourth-order valence-corrected chi connectivity index (χ4v) is 5.39. The summed E-state index contributed by atoms with van der Waals surface area (Å²) in [5, 5.41) is 12.2. The molecule has 1 saturated carbocycles. The first-order valence-corrected chi connectivity index (χ1v) is 10.6. The van der Waals surface area contributed by atoms with Crippen molar-refractivity contribution >= 4 is 5.97 Å². The lowest BCUT2D eigenvalue weighted by Crippen LogP contribution is -2.49. The summed E-state index contributed by atoms with van der Waals surface area (Å²) in [6.45, 7) is 6.03. The third kappa shape index (κ3) is 3.38. The molecule has 1 heterocycles. The average Bonchev–Trinajstić information content (AvgIpc) is 3.06. The first-order valence-electron chi connectivity index (χ1n) is 10.6. The Hall–Kier alpha value is -2.17. The third-order valence-corrected chi connectivity index (χ3v) is 7.21. The first-order chi connectivity index (χ1) is 13.9. The number of benzene rings is 2. The summed E-state index contributed by atoms with van der Waals surface area (Å²) in [6, 6.07) is 19.9. The maximum absolute atomic E-state index is 12.2. The molecule has 1 N–H and O–H groups in total. The highest BCUT2D eigenvalue weighted by atomic mass is 16.5. The summed E-state index contributed by atoms with van der Waals surface area (Å²) in [7, 11) is 1.47. The number of aliphatic hydroxyl groups is 1. The van der Waals surface area contributed by atoms with Crippen LogP contribution in [0.5, 0.6) is 0 Å². The van der Waals surface area contributed by atoms with Gasteiger partial charge >= 0.3 is 5.97 Å². The monoisotopic (exact) mass is 393 g/mol. The van der Waals surface area contributed by atoms with Crippen molar-refractivity contribution in [3.63, 3.8) is 0 Å². The number of methoxy groups -OCH3 is 1. The molecule has 1 aliphatic carbocycles. The Labute approximate surface area is 173 Å². The molecule has 1 aliphatic heterocycles. The minimum Gasteiger partial charge on any atom is -0.469 e. The topological polar surface area (TPSA) is 49.8 Å². The van der Waals surface area contributed by atoms with Crippen molar-refractivity contribution in [3.05, 3.63) is 71.8 Å². The van der Waals surface area contributed by atoms with Gasteiger partial charge in [0.2, 0.25) is 0 Å². The smallest absolute Gasteiger partial charge is 0.309 e. The molecule has 154 valence electrons. The van der Waals surface area contributed by atoms with Gasteiger partial charge in [-0.15, -0.1) is 0 Å². The van der Waals surface area contributed by atoms with Gasteiger partial charge in [0.25, 0.3) is 0 Å². The summed E-state index contributed by atoms with van der Waals surface area (Å²) >= 11 is 0. The van der Waals surface area contributed by atoms with Gasteiger partial charge in [-0.3, -0.25) is 9.69 Å². The summed E-state index contributed by atoms with van der Waals surface area (Å²) in [4.78, 5) is 14.6. The standard InChI is InChI=1S/C25H31NO3/c1-24(2)20(22(24)23(27)29-3)17-26-16-10-15-21(26)25(28,18-11-6-4-7-12-18)19-13-8-5-9-14-19/h4-9,11-14,20-22,28H,10,15-17H2,1-3H3/t20-,21-,22-/m0/s1. The van der Waals surface area contributed by atoms with E-state index in [1.54, 1.807) is 0 Å². The minimum absolute atomic E-state index is 0.0259. The van der Waals surface area contributed by atoms with E-state index in [4.69, 9.17) is 4.74 Å². The second-order valence-electron chi connectivity index (χ2n) is 9.08. The molecule has 2 aromatic carbocycles. The zero-order valence-corrected chi connectivity index (χ0v) is 17.5. The normalized spacial score (nSPS) is 26.3. The summed E-state index contributed by atoms with van der Waals surface area (Å²) in [6.07, 6.45) is 1.97. The number of carbonyl (C=O) groups is 1. The van der Waals surface area contributed by atoms with E-state index in [2.05, 4.69) is 18.7 Å². The van der Waals surface area contributed by atoms with Gasteiger partial charge in [-0.05, 0) is 41.8 Å². The molecule has 0 bridgehead atoms. The largest absolute Gasteiger partial charge is 0.469 e. The number of esters is 1. The van der Waals surface area contributed by atoms with Crippen molar-refractivity contribution in [2.75, 3.05) is 20.2 Å². The van der Waals surface area contributed by atoms with Crippen LogP contribution in [0.15, 0.2) is 60.7 Å². The van der Waals surface area contributed by atoms with Crippen LogP contribution in [0.1, 0.15) is 37.8 Å². The number of hydrogen-bond acceptors (Lipinski definition) is 4. The van der Waals surface area contributed by atoms with E-state index >= 15 is 0 Å². The molecule has 2 aliphatic rings. The molecular formula is C25H31NO3. The van der Waals surface area contributed by atoms with Crippen LogP contribution in [0.3, 0.4) is 0 Å². The fourth-order valence-electron chi connectivity index (χ4n) is 5.39. The summed E-state index contributed by atoms with van der Waals surface area (Å²) in [5.74, 6) is 0.0822. The van der Waals surface area contributed by atoms with Crippen LogP contribution in [0.2, 0.25) is 0 Å². The predicted octanol–water partition coefficient (Wildman–Crippen LogP) is 3.83. The molecule has 4 nitrogen and oxygen atoms in total. The number of ether oxygens (including phenoxy) is 1. The molecule has 0 aromatic heterocycles. The van der Waals surface area contributed by atoms with E-state index in [0.717, 1.165) is 37.1 Å². The van der Waals surface area contributed by atoms with E-state index in [0.29, 0.717) is 0 Å². The van der Waals surface area contributed by atoms with Gasteiger partial charge in [-0.2, -0.15) is 0 Å². The van der Waals surface area contributed by atoms with Gasteiger partial charge in [-0.25, -0.2) is 0 Å². The number of nitrogens with zero attached hydrogens (tertiary/aromatic N) is 1. The minimum atomic E-state index is -1.08. The lowest BCUT2D eigenvalue weighted by Gasteiger charge is -2.40. The number of hydrogen-bond donors (Lipinski definition) is 1. The van der Waals surface area contributed by atoms with Gasteiger partial charge in [0.15, 0.2) is 0 Å². The van der Waals surface area contributed by atoms with Crippen molar-refractivity contribution in [1.82, 2.24) is 4.90 Å². The number of likely N-dealkylation sites (tertiary alicyclic amines) is 1. The van der Waals surface area contributed by atoms with Crippen molar-refractivity contribution in [1.29, 1.82) is 0 Å². The average molecular weight is 394 g/mol. The molecule has 4 heteroatoms. The van der Waals surface area contributed by atoms with Crippen molar-refractivity contribution < 1.29 is 14.6 Å². The van der Waals surface area contributed by atoms with E-state index in [-0.39, 0.29) is 29.3 Å². The maximum Gasteiger partial charge on any atom is 0.309 e. The Bertz CT molecular complexity index is 809. The molecule has 1 saturated heterocycles. The van der Waals surface area contributed by atoms with Crippen molar-refractivity contribution in [2.45, 2.75) is 38.3 Å². The molecule has 29 heavy (non-hydrogen) atoms. The van der Waals surface area contributed by atoms with Gasteiger partial charge in [0, 0.05) is 12.6 Å². The highest BCUT2D eigenvalue weighted by Crippen LogP contribution is 2.59. The van der Waals surface area contributed by atoms with Gasteiger partial charge in [0.05, 0.1) is 13.0 Å². The Morgan fingerprint density at radius 1 is 1.10 bits per heavy atom. The highest BCUT2D eigenvalue weighted by molar-refractivity contribution is 5.77. The second-order valence-corrected chi connectivity index (χ2v) is 9.08. The van der Waals surface area contributed by atoms with Gasteiger partial charge in [-0.1, -0.05) is 74.5 Å². The molecular weight excluding hydrogens is 362 g/mol. The first kappa shape index (κ1) is 20.1.